The Morgan fingerprint density at radius 2 is 1.80 bits per heavy atom. The summed E-state index contributed by atoms with van der Waals surface area (Å²) in [6.45, 7) is 3.87. The number of benzene rings is 2. The lowest BCUT2D eigenvalue weighted by Crippen LogP contribution is -2.12. The predicted octanol–water partition coefficient (Wildman–Crippen LogP) is 3.66. The number of aromatic nitrogens is 2. The molecule has 0 aliphatic rings. The summed E-state index contributed by atoms with van der Waals surface area (Å²) < 4.78 is 26.6. The summed E-state index contributed by atoms with van der Waals surface area (Å²) in [4.78, 5) is 20.9. The van der Waals surface area contributed by atoms with Gasteiger partial charge in [0.25, 0.3) is 0 Å². The van der Waals surface area contributed by atoms with Crippen molar-refractivity contribution in [2.24, 2.45) is 0 Å². The molecule has 0 spiro atoms. The van der Waals surface area contributed by atoms with Crippen LogP contribution in [0.15, 0.2) is 36.5 Å². The molecule has 0 aliphatic heterocycles. The summed E-state index contributed by atoms with van der Waals surface area (Å²) in [6, 6.07) is 5.37. The third-order valence-corrected chi connectivity index (χ3v) is 3.48. The van der Waals surface area contributed by atoms with Crippen LogP contribution in [0.5, 0.6) is 5.75 Å². The van der Waals surface area contributed by atoms with Gasteiger partial charge < -0.3 is 10.4 Å². The first-order chi connectivity index (χ1) is 11.8. The Morgan fingerprint density at radius 3 is 2.44 bits per heavy atom. The molecule has 0 saturated carbocycles. The molecule has 7 heteroatoms. The molecule has 0 atom stereocenters. The molecule has 0 saturated heterocycles. The van der Waals surface area contributed by atoms with Gasteiger partial charge in [-0.05, 0) is 32.0 Å². The van der Waals surface area contributed by atoms with Crippen molar-refractivity contribution in [3.05, 3.63) is 59.3 Å². The van der Waals surface area contributed by atoms with Gasteiger partial charge in [0, 0.05) is 35.3 Å². The number of fused-ring (bicyclic) bond motifs is 1. The van der Waals surface area contributed by atoms with Crippen molar-refractivity contribution >= 4 is 22.6 Å². The second kappa shape index (κ2) is 6.43. The van der Waals surface area contributed by atoms with Gasteiger partial charge in [-0.15, -0.1) is 0 Å². The fourth-order valence-electron chi connectivity index (χ4n) is 2.42. The van der Waals surface area contributed by atoms with E-state index in [1.54, 1.807) is 0 Å². The number of phenols is 1. The van der Waals surface area contributed by atoms with Crippen LogP contribution >= 0.6 is 0 Å². The molecule has 0 fully saturated rings. The first-order valence-corrected chi connectivity index (χ1v) is 7.60. The molecule has 3 aromatic rings. The Bertz CT molecular complexity index is 954. The van der Waals surface area contributed by atoms with Crippen LogP contribution in [0.2, 0.25) is 0 Å². The average molecular weight is 343 g/mol. The molecule has 5 nitrogen and oxygen atoms in total. The molecule has 0 radical (unpaired) electrons. The largest absolute Gasteiger partial charge is 0.507 e. The van der Waals surface area contributed by atoms with Crippen molar-refractivity contribution in [1.82, 2.24) is 9.97 Å². The second-order valence-electron chi connectivity index (χ2n) is 5.91. The Kier molecular flexibility index (Phi) is 4.31. The number of nitrogens with one attached hydrogen (secondary N) is 1. The van der Waals surface area contributed by atoms with E-state index in [-0.39, 0.29) is 22.9 Å². The number of carbonyl (C=O) groups excluding carboxylic acids is 1. The molecule has 0 unspecified atom stereocenters. The van der Waals surface area contributed by atoms with Crippen molar-refractivity contribution in [1.29, 1.82) is 0 Å². The topological polar surface area (TPSA) is 75.1 Å². The first-order valence-electron chi connectivity index (χ1n) is 7.60. The van der Waals surface area contributed by atoms with Crippen molar-refractivity contribution < 1.29 is 18.7 Å². The first kappa shape index (κ1) is 16.8. The van der Waals surface area contributed by atoms with E-state index < -0.39 is 17.4 Å². The monoisotopic (exact) mass is 343 g/mol. The third kappa shape index (κ3) is 3.55. The van der Waals surface area contributed by atoms with Crippen LogP contribution in [-0.2, 0) is 0 Å². The molecular weight excluding hydrogens is 328 g/mol. The number of halogens is 2. The number of phenolic OH excluding ortho intramolecular Hbond substituents is 1. The quantitative estimate of drug-likeness (QED) is 0.707. The molecule has 0 aliphatic carbocycles. The number of aromatic hydroxyl groups is 1. The van der Waals surface area contributed by atoms with Crippen LogP contribution in [0.1, 0.15) is 29.8 Å². The number of hydrogen-bond acceptors (Lipinski definition) is 5. The van der Waals surface area contributed by atoms with Gasteiger partial charge in [0.05, 0.1) is 11.1 Å². The van der Waals surface area contributed by atoms with Gasteiger partial charge in [-0.2, -0.15) is 0 Å². The van der Waals surface area contributed by atoms with E-state index in [0.717, 1.165) is 12.1 Å². The van der Waals surface area contributed by atoms with Gasteiger partial charge >= 0.3 is 0 Å². The second-order valence-corrected chi connectivity index (χ2v) is 5.91. The zero-order chi connectivity index (χ0) is 18.1. The maximum absolute atomic E-state index is 13.3. The van der Waals surface area contributed by atoms with Gasteiger partial charge in [-0.1, -0.05) is 0 Å². The highest BCUT2D eigenvalue weighted by Gasteiger charge is 2.17. The van der Waals surface area contributed by atoms with E-state index >= 15 is 0 Å². The fraction of sp³-hybridized carbons (Fsp3) is 0.167. The van der Waals surface area contributed by atoms with E-state index in [1.807, 2.05) is 13.8 Å². The number of nitrogens with zero attached hydrogens (tertiary/aromatic N) is 2. The zero-order valence-corrected chi connectivity index (χ0v) is 13.5. The zero-order valence-electron chi connectivity index (χ0n) is 13.5. The molecule has 0 amide bonds. The SMILES string of the molecule is CC(C)Nc1ncc2cc(C(=O)c3cc(F)cc(F)c3)c(O)cc2n1. The normalized spacial score (nSPS) is 11.1. The van der Waals surface area contributed by atoms with Gasteiger partial charge in [-0.25, -0.2) is 18.7 Å². The van der Waals surface area contributed by atoms with Gasteiger partial charge in [0.15, 0.2) is 5.78 Å². The van der Waals surface area contributed by atoms with Crippen molar-refractivity contribution in [3.63, 3.8) is 0 Å². The Labute approximate surface area is 142 Å². The highest BCUT2D eigenvalue weighted by atomic mass is 19.1. The molecule has 1 heterocycles. The smallest absolute Gasteiger partial charge is 0.223 e. The summed E-state index contributed by atoms with van der Waals surface area (Å²) in [5, 5.41) is 13.7. The third-order valence-electron chi connectivity index (χ3n) is 3.48. The molecular formula is C18H15F2N3O2. The van der Waals surface area contributed by atoms with Crippen LogP contribution in [0, 0.1) is 11.6 Å². The Hall–Kier alpha value is -3.09. The number of anilines is 1. The number of rotatable bonds is 4. The van der Waals surface area contributed by atoms with Crippen LogP contribution in [0.3, 0.4) is 0 Å². The van der Waals surface area contributed by atoms with Crippen LogP contribution in [-0.4, -0.2) is 26.9 Å². The van der Waals surface area contributed by atoms with E-state index in [2.05, 4.69) is 15.3 Å². The van der Waals surface area contributed by atoms with Crippen molar-refractivity contribution in [3.8, 4) is 5.75 Å². The lowest BCUT2D eigenvalue weighted by Gasteiger charge is -2.10. The van der Waals surface area contributed by atoms with Crippen LogP contribution < -0.4 is 5.32 Å². The molecule has 0 bridgehead atoms. The maximum atomic E-state index is 13.3. The Morgan fingerprint density at radius 1 is 1.12 bits per heavy atom. The summed E-state index contributed by atoms with van der Waals surface area (Å²) in [6.07, 6.45) is 1.51. The fourth-order valence-corrected chi connectivity index (χ4v) is 2.42. The average Bonchev–Trinajstić information content (AvgIpc) is 2.52. The molecule has 1 aromatic heterocycles. The molecule has 2 aromatic carbocycles. The number of carbonyl (C=O) groups is 1. The van der Waals surface area contributed by atoms with Gasteiger partial charge in [0.2, 0.25) is 5.95 Å². The minimum atomic E-state index is -0.864. The van der Waals surface area contributed by atoms with Crippen LogP contribution in [0.25, 0.3) is 10.9 Å². The van der Waals surface area contributed by atoms with E-state index in [9.17, 15) is 18.7 Å². The maximum Gasteiger partial charge on any atom is 0.223 e. The minimum absolute atomic E-state index is 0.0781. The standard InChI is InChI=1S/C18H15F2N3O2/c1-9(2)22-18-21-8-11-5-14(16(24)7-15(11)23-18)17(25)10-3-12(19)6-13(20)4-10/h3-9,24H,1-2H3,(H,21,22,23). The molecule has 128 valence electrons. The van der Waals surface area contributed by atoms with Crippen molar-refractivity contribution in [2.45, 2.75) is 19.9 Å². The lowest BCUT2D eigenvalue weighted by atomic mass is 10.0. The molecule has 3 rings (SSSR count). The molecule has 2 N–H and O–H groups in total. The summed E-state index contributed by atoms with van der Waals surface area (Å²) >= 11 is 0. The van der Waals surface area contributed by atoms with Crippen molar-refractivity contribution in [2.75, 3.05) is 5.32 Å². The summed E-state index contributed by atoms with van der Waals surface area (Å²) in [5.74, 6) is -2.35. The lowest BCUT2D eigenvalue weighted by molar-refractivity contribution is 0.103. The van der Waals surface area contributed by atoms with E-state index in [4.69, 9.17) is 0 Å². The highest BCUT2D eigenvalue weighted by molar-refractivity contribution is 6.12. The highest BCUT2D eigenvalue weighted by Crippen LogP contribution is 2.27. The minimum Gasteiger partial charge on any atom is -0.507 e. The Balaban J connectivity index is 2.04. The summed E-state index contributed by atoms with van der Waals surface area (Å²) in [7, 11) is 0. The van der Waals surface area contributed by atoms with Gasteiger partial charge in [-0.3, -0.25) is 4.79 Å². The summed E-state index contributed by atoms with van der Waals surface area (Å²) in [5.41, 5.74) is 0.175. The molecule has 25 heavy (non-hydrogen) atoms. The number of hydrogen-bond donors (Lipinski definition) is 2. The van der Waals surface area contributed by atoms with Gasteiger partial charge in [0.1, 0.15) is 17.4 Å². The number of ketones is 1. The van der Waals surface area contributed by atoms with E-state index in [0.29, 0.717) is 22.9 Å². The van der Waals surface area contributed by atoms with E-state index in [1.165, 1.54) is 18.3 Å². The van der Waals surface area contributed by atoms with Crippen LogP contribution in [0.4, 0.5) is 14.7 Å². The predicted molar refractivity (Wildman–Crippen MR) is 89.8 cm³/mol.